The number of carbonyl (C=O) groups excluding carboxylic acids is 2. The second-order valence-corrected chi connectivity index (χ2v) is 5.40. The lowest BCUT2D eigenvalue weighted by molar-refractivity contribution is -0.122. The SMILES string of the molecule is CCNc1nnc(C(=O)NC(C)C(=O)NC2CC2)s1. The van der Waals surface area contributed by atoms with E-state index < -0.39 is 6.04 Å². The van der Waals surface area contributed by atoms with E-state index in [1.54, 1.807) is 6.92 Å². The zero-order chi connectivity index (χ0) is 13.8. The molecule has 0 aromatic carbocycles. The molecule has 19 heavy (non-hydrogen) atoms. The summed E-state index contributed by atoms with van der Waals surface area (Å²) in [6, 6.07) is -0.284. The molecule has 1 aliphatic carbocycles. The molecule has 0 bridgehead atoms. The molecule has 1 saturated carbocycles. The number of nitrogens with zero attached hydrogens (tertiary/aromatic N) is 2. The number of nitrogens with one attached hydrogen (secondary N) is 3. The van der Waals surface area contributed by atoms with Crippen molar-refractivity contribution in [1.29, 1.82) is 0 Å². The van der Waals surface area contributed by atoms with Gasteiger partial charge in [0.15, 0.2) is 0 Å². The van der Waals surface area contributed by atoms with E-state index in [0.29, 0.717) is 5.13 Å². The Hall–Kier alpha value is -1.70. The molecule has 1 aromatic rings. The van der Waals surface area contributed by atoms with E-state index in [-0.39, 0.29) is 22.9 Å². The maximum Gasteiger partial charge on any atom is 0.282 e. The molecule has 1 atom stereocenters. The van der Waals surface area contributed by atoms with Gasteiger partial charge in [-0.2, -0.15) is 0 Å². The number of hydrogen-bond donors (Lipinski definition) is 3. The first-order valence-corrected chi connectivity index (χ1v) is 7.10. The molecular formula is C11H17N5O2S. The van der Waals surface area contributed by atoms with Crippen LogP contribution in [-0.2, 0) is 4.79 Å². The van der Waals surface area contributed by atoms with Gasteiger partial charge in [0.2, 0.25) is 16.0 Å². The van der Waals surface area contributed by atoms with E-state index in [9.17, 15) is 9.59 Å². The van der Waals surface area contributed by atoms with Gasteiger partial charge >= 0.3 is 0 Å². The summed E-state index contributed by atoms with van der Waals surface area (Å²) >= 11 is 1.17. The first-order valence-electron chi connectivity index (χ1n) is 6.28. The molecule has 1 unspecified atom stereocenters. The predicted molar refractivity (Wildman–Crippen MR) is 72.2 cm³/mol. The molecule has 1 aromatic heterocycles. The van der Waals surface area contributed by atoms with Crippen LogP contribution in [0.4, 0.5) is 5.13 Å². The minimum atomic E-state index is -0.570. The topological polar surface area (TPSA) is 96.0 Å². The Labute approximate surface area is 115 Å². The Balaban J connectivity index is 1.86. The van der Waals surface area contributed by atoms with E-state index in [4.69, 9.17) is 0 Å². The number of hydrogen-bond acceptors (Lipinski definition) is 6. The van der Waals surface area contributed by atoms with Gasteiger partial charge in [0.25, 0.3) is 5.91 Å². The summed E-state index contributed by atoms with van der Waals surface area (Å²) in [6.07, 6.45) is 2.05. The van der Waals surface area contributed by atoms with Gasteiger partial charge in [-0.1, -0.05) is 11.3 Å². The fourth-order valence-corrected chi connectivity index (χ4v) is 2.13. The second-order valence-electron chi connectivity index (χ2n) is 4.42. The van der Waals surface area contributed by atoms with Gasteiger partial charge in [-0.15, -0.1) is 10.2 Å². The highest BCUT2D eigenvalue weighted by Gasteiger charge is 2.26. The minimum absolute atomic E-state index is 0.160. The number of rotatable bonds is 6. The van der Waals surface area contributed by atoms with Crippen molar-refractivity contribution in [1.82, 2.24) is 20.8 Å². The third-order valence-electron chi connectivity index (χ3n) is 2.61. The van der Waals surface area contributed by atoms with Crippen molar-refractivity contribution in [3.63, 3.8) is 0 Å². The summed E-state index contributed by atoms with van der Waals surface area (Å²) in [5, 5.41) is 16.9. The van der Waals surface area contributed by atoms with Gasteiger partial charge in [0, 0.05) is 12.6 Å². The standard InChI is InChI=1S/C11H17N5O2S/c1-3-12-11-16-15-10(19-11)9(18)13-6(2)8(17)14-7-4-5-7/h6-7H,3-5H2,1-2H3,(H,12,16)(H,13,18)(H,14,17). The molecular weight excluding hydrogens is 266 g/mol. The van der Waals surface area contributed by atoms with Crippen LogP contribution in [0.1, 0.15) is 36.5 Å². The molecule has 0 radical (unpaired) electrons. The summed E-state index contributed by atoms with van der Waals surface area (Å²) in [5.74, 6) is -0.535. The Bertz CT molecular complexity index is 471. The van der Waals surface area contributed by atoms with E-state index in [1.165, 1.54) is 11.3 Å². The van der Waals surface area contributed by atoms with Gasteiger partial charge < -0.3 is 16.0 Å². The van der Waals surface area contributed by atoms with E-state index in [1.807, 2.05) is 6.92 Å². The fraction of sp³-hybridized carbons (Fsp3) is 0.636. The summed E-state index contributed by atoms with van der Waals surface area (Å²) in [6.45, 7) is 4.31. The van der Waals surface area contributed by atoms with Crippen LogP contribution in [0, 0.1) is 0 Å². The van der Waals surface area contributed by atoms with Crippen LogP contribution in [0.5, 0.6) is 0 Å². The Morgan fingerprint density at radius 2 is 2.16 bits per heavy atom. The van der Waals surface area contributed by atoms with Crippen LogP contribution in [0.2, 0.25) is 0 Å². The molecule has 1 fully saturated rings. The van der Waals surface area contributed by atoms with Crippen molar-refractivity contribution < 1.29 is 9.59 Å². The Morgan fingerprint density at radius 1 is 1.42 bits per heavy atom. The van der Waals surface area contributed by atoms with Gasteiger partial charge in [0.1, 0.15) is 6.04 Å². The average Bonchev–Trinajstić information content (AvgIpc) is 3.05. The van der Waals surface area contributed by atoms with Crippen LogP contribution in [0.3, 0.4) is 0 Å². The molecule has 0 saturated heterocycles. The molecule has 7 nitrogen and oxygen atoms in total. The Kier molecular flexibility index (Phi) is 4.31. The maximum atomic E-state index is 11.9. The molecule has 0 aliphatic heterocycles. The van der Waals surface area contributed by atoms with Crippen LogP contribution in [-0.4, -0.2) is 40.6 Å². The summed E-state index contributed by atoms with van der Waals surface area (Å²) in [7, 11) is 0. The lowest BCUT2D eigenvalue weighted by Crippen LogP contribution is -2.45. The summed E-state index contributed by atoms with van der Waals surface area (Å²) < 4.78 is 0. The van der Waals surface area contributed by atoms with Crippen LogP contribution >= 0.6 is 11.3 Å². The molecule has 2 amide bonds. The second kappa shape index (κ2) is 5.96. The fourth-order valence-electron chi connectivity index (χ4n) is 1.42. The van der Waals surface area contributed by atoms with Crippen LogP contribution < -0.4 is 16.0 Å². The smallest absolute Gasteiger partial charge is 0.282 e. The minimum Gasteiger partial charge on any atom is -0.360 e. The normalized spacial score (nSPS) is 15.7. The molecule has 1 aliphatic rings. The monoisotopic (exact) mass is 283 g/mol. The van der Waals surface area contributed by atoms with Crippen molar-refractivity contribution in [3.05, 3.63) is 5.01 Å². The highest BCUT2D eigenvalue weighted by molar-refractivity contribution is 7.17. The van der Waals surface area contributed by atoms with Gasteiger partial charge in [0.05, 0.1) is 0 Å². The number of carbonyl (C=O) groups is 2. The molecule has 2 rings (SSSR count). The quantitative estimate of drug-likeness (QED) is 0.701. The lowest BCUT2D eigenvalue weighted by Gasteiger charge is -2.12. The zero-order valence-corrected chi connectivity index (χ0v) is 11.7. The summed E-state index contributed by atoms with van der Waals surface area (Å²) in [5.41, 5.74) is 0. The highest BCUT2D eigenvalue weighted by atomic mass is 32.1. The third-order valence-corrected chi connectivity index (χ3v) is 3.49. The molecule has 1 heterocycles. The Morgan fingerprint density at radius 3 is 2.79 bits per heavy atom. The van der Waals surface area contributed by atoms with Crippen LogP contribution in [0.25, 0.3) is 0 Å². The van der Waals surface area contributed by atoms with Crippen LogP contribution in [0.15, 0.2) is 0 Å². The molecule has 3 N–H and O–H groups in total. The number of amides is 2. The largest absolute Gasteiger partial charge is 0.360 e. The zero-order valence-electron chi connectivity index (χ0n) is 10.9. The van der Waals surface area contributed by atoms with E-state index >= 15 is 0 Å². The number of aromatic nitrogens is 2. The first-order chi connectivity index (χ1) is 9.10. The lowest BCUT2D eigenvalue weighted by atomic mass is 10.3. The first kappa shape index (κ1) is 13.7. The van der Waals surface area contributed by atoms with E-state index in [2.05, 4.69) is 26.1 Å². The molecule has 0 spiro atoms. The van der Waals surface area contributed by atoms with Gasteiger partial charge in [-0.25, -0.2) is 0 Å². The van der Waals surface area contributed by atoms with Crippen molar-refractivity contribution in [3.8, 4) is 0 Å². The van der Waals surface area contributed by atoms with Crippen molar-refractivity contribution in [2.24, 2.45) is 0 Å². The van der Waals surface area contributed by atoms with Gasteiger partial charge in [-0.05, 0) is 26.7 Å². The highest BCUT2D eigenvalue weighted by Crippen LogP contribution is 2.18. The van der Waals surface area contributed by atoms with Crippen molar-refractivity contribution in [2.75, 3.05) is 11.9 Å². The summed E-state index contributed by atoms with van der Waals surface area (Å²) in [4.78, 5) is 23.6. The van der Waals surface area contributed by atoms with Gasteiger partial charge in [-0.3, -0.25) is 9.59 Å². The number of anilines is 1. The maximum absolute atomic E-state index is 11.9. The molecule has 8 heteroatoms. The average molecular weight is 283 g/mol. The predicted octanol–water partition coefficient (Wildman–Crippen LogP) is 0.367. The van der Waals surface area contributed by atoms with Crippen molar-refractivity contribution >= 4 is 28.3 Å². The third kappa shape index (κ3) is 3.88. The molecule has 104 valence electrons. The van der Waals surface area contributed by atoms with E-state index in [0.717, 1.165) is 19.4 Å². The van der Waals surface area contributed by atoms with Crippen molar-refractivity contribution in [2.45, 2.75) is 38.8 Å².